The van der Waals surface area contributed by atoms with E-state index >= 15 is 0 Å². The summed E-state index contributed by atoms with van der Waals surface area (Å²) < 4.78 is 27.6. The Hall–Kier alpha value is -1.89. The quantitative estimate of drug-likeness (QED) is 0.630. The number of nitrogens with one attached hydrogen (secondary N) is 1. The summed E-state index contributed by atoms with van der Waals surface area (Å²) in [4.78, 5) is 12.8. The molecule has 7 heteroatoms. The number of carbonyl (C=O) groups excluding carboxylic acids is 1. The summed E-state index contributed by atoms with van der Waals surface area (Å²) in [6.07, 6.45) is 5.46. The molecule has 3 rings (SSSR count). The van der Waals surface area contributed by atoms with Gasteiger partial charge >= 0.3 is 0 Å². The fourth-order valence-electron chi connectivity index (χ4n) is 3.61. The van der Waals surface area contributed by atoms with Crippen LogP contribution in [-0.4, -0.2) is 38.3 Å². The first kappa shape index (κ1) is 22.8. The van der Waals surface area contributed by atoms with Gasteiger partial charge in [-0.3, -0.25) is 4.79 Å². The third-order valence-corrected chi connectivity index (χ3v) is 7.66. The first-order chi connectivity index (χ1) is 14.4. The monoisotopic (exact) mass is 448 g/mol. The maximum absolute atomic E-state index is 13.0. The second-order valence-corrected chi connectivity index (χ2v) is 10.2. The van der Waals surface area contributed by atoms with E-state index in [1.807, 2.05) is 0 Å². The van der Waals surface area contributed by atoms with Crippen LogP contribution >= 0.6 is 11.6 Å². The van der Waals surface area contributed by atoms with E-state index in [-0.39, 0.29) is 21.4 Å². The van der Waals surface area contributed by atoms with Gasteiger partial charge in [-0.2, -0.15) is 4.31 Å². The molecule has 1 heterocycles. The van der Waals surface area contributed by atoms with Crippen LogP contribution in [0.4, 0.5) is 0 Å². The van der Waals surface area contributed by atoms with Gasteiger partial charge in [0.05, 0.1) is 15.5 Å². The fraction of sp³-hybridized carbons (Fsp3) is 0.435. The van der Waals surface area contributed by atoms with Crippen molar-refractivity contribution in [3.63, 3.8) is 0 Å². The Morgan fingerprint density at radius 2 is 1.70 bits per heavy atom. The summed E-state index contributed by atoms with van der Waals surface area (Å²) in [5, 5.41) is 3.11. The van der Waals surface area contributed by atoms with Crippen LogP contribution in [-0.2, 0) is 16.4 Å². The summed E-state index contributed by atoms with van der Waals surface area (Å²) in [5.41, 5.74) is 2.64. The number of sulfonamides is 1. The minimum atomic E-state index is -3.63. The Balaban J connectivity index is 1.63. The van der Waals surface area contributed by atoms with E-state index in [0.29, 0.717) is 19.6 Å². The topological polar surface area (TPSA) is 66.5 Å². The largest absolute Gasteiger partial charge is 0.352 e. The lowest BCUT2D eigenvalue weighted by atomic mass is 10.1. The summed E-state index contributed by atoms with van der Waals surface area (Å²) in [5.74, 6) is -0.350. The highest BCUT2D eigenvalue weighted by molar-refractivity contribution is 7.89. The summed E-state index contributed by atoms with van der Waals surface area (Å²) in [6, 6.07) is 12.7. The molecular weight excluding hydrogens is 420 g/mol. The zero-order valence-corrected chi connectivity index (χ0v) is 18.9. The molecule has 0 saturated carbocycles. The van der Waals surface area contributed by atoms with E-state index in [0.717, 1.165) is 38.5 Å². The van der Waals surface area contributed by atoms with Gasteiger partial charge in [-0.15, -0.1) is 0 Å². The molecular formula is C23H29ClN2O3S. The normalized spacial score (nSPS) is 15.5. The number of aryl methyl sites for hydroxylation is 2. The van der Waals surface area contributed by atoms with Gasteiger partial charge in [-0.05, 0) is 56.4 Å². The summed E-state index contributed by atoms with van der Waals surface area (Å²) >= 11 is 6.21. The molecule has 0 unspecified atom stereocenters. The average molecular weight is 449 g/mol. The molecule has 1 N–H and O–H groups in total. The Morgan fingerprint density at radius 3 is 2.37 bits per heavy atom. The van der Waals surface area contributed by atoms with Crippen molar-refractivity contribution in [1.82, 2.24) is 9.62 Å². The molecule has 1 amide bonds. The van der Waals surface area contributed by atoms with Crippen LogP contribution in [0.25, 0.3) is 0 Å². The highest BCUT2D eigenvalue weighted by Crippen LogP contribution is 2.25. The van der Waals surface area contributed by atoms with Gasteiger partial charge in [0.15, 0.2) is 0 Å². The van der Waals surface area contributed by atoms with Gasteiger partial charge in [0.2, 0.25) is 10.0 Å². The molecule has 1 aliphatic rings. The van der Waals surface area contributed by atoms with Crippen LogP contribution in [0.3, 0.4) is 0 Å². The Labute approximate surface area is 184 Å². The first-order valence-corrected chi connectivity index (χ1v) is 12.3. The number of hydrogen-bond acceptors (Lipinski definition) is 3. The third-order valence-electron chi connectivity index (χ3n) is 5.43. The molecule has 1 fully saturated rings. The third kappa shape index (κ3) is 5.84. The molecule has 0 bridgehead atoms. The van der Waals surface area contributed by atoms with Gasteiger partial charge in [0.1, 0.15) is 0 Å². The number of nitrogens with zero attached hydrogens (tertiary/aromatic N) is 1. The highest BCUT2D eigenvalue weighted by Gasteiger charge is 2.26. The van der Waals surface area contributed by atoms with Crippen molar-refractivity contribution in [2.75, 3.05) is 19.6 Å². The SMILES string of the molecule is Cc1ccc(CCCNC(=O)c2cc(S(=O)(=O)N3CCCCCC3)ccc2Cl)cc1. The van der Waals surface area contributed by atoms with Gasteiger partial charge in [-0.25, -0.2) is 8.42 Å². The van der Waals surface area contributed by atoms with E-state index in [9.17, 15) is 13.2 Å². The van der Waals surface area contributed by atoms with Crippen LogP contribution in [0.1, 0.15) is 53.6 Å². The number of carbonyl (C=O) groups is 1. The molecule has 0 aliphatic carbocycles. The van der Waals surface area contributed by atoms with Gasteiger partial charge < -0.3 is 5.32 Å². The van der Waals surface area contributed by atoms with Crippen molar-refractivity contribution in [1.29, 1.82) is 0 Å². The second kappa shape index (κ2) is 10.4. The number of hydrogen-bond donors (Lipinski definition) is 1. The maximum atomic E-state index is 13.0. The van der Waals surface area contributed by atoms with E-state index in [1.165, 1.54) is 33.6 Å². The molecule has 2 aromatic carbocycles. The molecule has 30 heavy (non-hydrogen) atoms. The molecule has 1 saturated heterocycles. The second-order valence-electron chi connectivity index (χ2n) is 7.81. The van der Waals surface area contributed by atoms with Crippen LogP contribution in [0.15, 0.2) is 47.4 Å². The molecule has 0 radical (unpaired) electrons. The molecule has 0 spiro atoms. The Morgan fingerprint density at radius 1 is 1.03 bits per heavy atom. The van der Waals surface area contributed by atoms with E-state index in [2.05, 4.69) is 36.5 Å². The minimum Gasteiger partial charge on any atom is -0.352 e. The number of amides is 1. The van der Waals surface area contributed by atoms with Crippen LogP contribution < -0.4 is 5.32 Å². The fourth-order valence-corrected chi connectivity index (χ4v) is 5.36. The Bertz CT molecular complexity index is 966. The number of halogens is 1. The average Bonchev–Trinajstić information content (AvgIpc) is 3.03. The lowest BCUT2D eigenvalue weighted by molar-refractivity contribution is 0.0953. The number of benzene rings is 2. The van der Waals surface area contributed by atoms with E-state index in [1.54, 1.807) is 0 Å². The molecule has 162 valence electrons. The van der Waals surface area contributed by atoms with Crippen molar-refractivity contribution in [3.05, 3.63) is 64.2 Å². The molecule has 0 atom stereocenters. The van der Waals surface area contributed by atoms with Crippen molar-refractivity contribution >= 4 is 27.5 Å². The smallest absolute Gasteiger partial charge is 0.252 e. The molecule has 0 aromatic heterocycles. The molecule has 5 nitrogen and oxygen atoms in total. The van der Waals surface area contributed by atoms with Gasteiger partial charge in [0, 0.05) is 19.6 Å². The lowest BCUT2D eigenvalue weighted by Gasteiger charge is -2.20. The summed E-state index contributed by atoms with van der Waals surface area (Å²) in [6.45, 7) is 3.58. The zero-order valence-electron chi connectivity index (χ0n) is 17.4. The van der Waals surface area contributed by atoms with E-state index in [4.69, 9.17) is 11.6 Å². The predicted octanol–water partition coefficient (Wildman–Crippen LogP) is 4.58. The standard InChI is InChI=1S/C23H29ClN2O3S/c1-18-8-10-19(11-9-18)7-6-14-25-23(27)21-17-20(12-13-22(21)24)30(28,29)26-15-4-2-3-5-16-26/h8-13,17H,2-7,14-16H2,1H3,(H,25,27). The van der Waals surface area contributed by atoms with Gasteiger partial charge in [0.25, 0.3) is 5.91 Å². The zero-order chi connectivity index (χ0) is 21.6. The number of rotatable bonds is 7. The first-order valence-electron chi connectivity index (χ1n) is 10.5. The summed E-state index contributed by atoms with van der Waals surface area (Å²) in [7, 11) is -3.63. The van der Waals surface area contributed by atoms with Crippen molar-refractivity contribution < 1.29 is 13.2 Å². The molecule has 1 aliphatic heterocycles. The lowest BCUT2D eigenvalue weighted by Crippen LogP contribution is -2.32. The minimum absolute atomic E-state index is 0.124. The highest BCUT2D eigenvalue weighted by atomic mass is 35.5. The van der Waals surface area contributed by atoms with Crippen molar-refractivity contribution in [2.45, 2.75) is 50.3 Å². The van der Waals surface area contributed by atoms with Crippen LogP contribution in [0.2, 0.25) is 5.02 Å². The maximum Gasteiger partial charge on any atom is 0.252 e. The molecule has 2 aromatic rings. The van der Waals surface area contributed by atoms with Crippen LogP contribution in [0, 0.1) is 6.92 Å². The van der Waals surface area contributed by atoms with E-state index < -0.39 is 10.0 Å². The van der Waals surface area contributed by atoms with Crippen molar-refractivity contribution in [2.24, 2.45) is 0 Å². The Kier molecular flexibility index (Phi) is 7.92. The predicted molar refractivity (Wildman–Crippen MR) is 121 cm³/mol. The van der Waals surface area contributed by atoms with Gasteiger partial charge in [-0.1, -0.05) is 54.3 Å². The van der Waals surface area contributed by atoms with Crippen molar-refractivity contribution in [3.8, 4) is 0 Å². The van der Waals surface area contributed by atoms with Crippen LogP contribution in [0.5, 0.6) is 0 Å².